The largest absolute Gasteiger partial charge is 0.396 e. The molecule has 1 aromatic rings. The molecule has 0 heterocycles. The Bertz CT molecular complexity index is 391. The maximum atomic E-state index is 13.3. The Labute approximate surface area is 116 Å². The average molecular weight is 316 g/mol. The highest BCUT2D eigenvalue weighted by Crippen LogP contribution is 2.24. The molecule has 18 heavy (non-hydrogen) atoms. The van der Waals surface area contributed by atoms with Crippen LogP contribution in [0.1, 0.15) is 31.2 Å². The number of aliphatic hydroxyl groups is 1. The smallest absolute Gasteiger partial charge is 0.137 e. The van der Waals surface area contributed by atoms with E-state index in [4.69, 9.17) is 5.11 Å². The van der Waals surface area contributed by atoms with E-state index >= 15 is 0 Å². The summed E-state index contributed by atoms with van der Waals surface area (Å²) in [5.74, 6) is 0.270. The predicted octanol–water partition coefficient (Wildman–Crippen LogP) is 3.23. The molecule has 2 N–H and O–H groups in total. The summed E-state index contributed by atoms with van der Waals surface area (Å²) in [5, 5.41) is 12.5. The van der Waals surface area contributed by atoms with Crippen LogP contribution in [0.5, 0.6) is 0 Å². The first kappa shape index (κ1) is 14.0. The fourth-order valence-corrected chi connectivity index (χ4v) is 2.71. The van der Waals surface area contributed by atoms with Crippen LogP contribution in [0.15, 0.2) is 22.7 Å². The second-order valence-electron chi connectivity index (χ2n) is 5.03. The van der Waals surface area contributed by atoms with Crippen LogP contribution in [0.25, 0.3) is 0 Å². The molecule has 0 unspecified atom stereocenters. The molecule has 1 fully saturated rings. The van der Waals surface area contributed by atoms with E-state index in [0.717, 1.165) is 31.2 Å². The van der Waals surface area contributed by atoms with Crippen molar-refractivity contribution in [3.05, 3.63) is 34.1 Å². The first-order valence-electron chi connectivity index (χ1n) is 6.47. The molecule has 1 aliphatic carbocycles. The molecule has 0 atom stereocenters. The number of hydrogen-bond donors (Lipinski definition) is 2. The Balaban J connectivity index is 1.79. The first-order chi connectivity index (χ1) is 8.69. The van der Waals surface area contributed by atoms with Gasteiger partial charge >= 0.3 is 0 Å². The molecule has 2 nitrogen and oxygen atoms in total. The summed E-state index contributed by atoms with van der Waals surface area (Å²) in [7, 11) is 0. The van der Waals surface area contributed by atoms with Gasteiger partial charge in [-0.1, -0.05) is 6.07 Å². The van der Waals surface area contributed by atoms with Crippen molar-refractivity contribution >= 4 is 15.9 Å². The molecule has 0 amide bonds. The molecule has 1 saturated carbocycles. The van der Waals surface area contributed by atoms with Crippen molar-refractivity contribution in [1.82, 2.24) is 5.32 Å². The van der Waals surface area contributed by atoms with Crippen molar-refractivity contribution in [3.63, 3.8) is 0 Å². The van der Waals surface area contributed by atoms with Crippen molar-refractivity contribution in [3.8, 4) is 0 Å². The van der Waals surface area contributed by atoms with Gasteiger partial charge in [0.05, 0.1) is 4.47 Å². The maximum absolute atomic E-state index is 13.3. The lowest BCUT2D eigenvalue weighted by Crippen LogP contribution is -2.33. The van der Waals surface area contributed by atoms with E-state index in [1.807, 2.05) is 6.07 Å². The van der Waals surface area contributed by atoms with Gasteiger partial charge in [0, 0.05) is 19.2 Å². The summed E-state index contributed by atoms with van der Waals surface area (Å²) in [4.78, 5) is 0. The van der Waals surface area contributed by atoms with E-state index in [0.29, 0.717) is 29.6 Å². The van der Waals surface area contributed by atoms with Crippen LogP contribution in [0.2, 0.25) is 0 Å². The molecule has 0 bridgehead atoms. The summed E-state index contributed by atoms with van der Waals surface area (Å²) >= 11 is 3.15. The van der Waals surface area contributed by atoms with E-state index in [-0.39, 0.29) is 5.82 Å². The van der Waals surface area contributed by atoms with E-state index < -0.39 is 0 Å². The number of aliphatic hydroxyl groups excluding tert-OH is 1. The Hall–Kier alpha value is -0.450. The van der Waals surface area contributed by atoms with Gasteiger partial charge in [-0.3, -0.25) is 0 Å². The summed E-state index contributed by atoms with van der Waals surface area (Å²) in [6.45, 7) is 1.02. The predicted molar refractivity (Wildman–Crippen MR) is 73.8 cm³/mol. The second-order valence-corrected chi connectivity index (χ2v) is 5.88. The quantitative estimate of drug-likeness (QED) is 0.894. The van der Waals surface area contributed by atoms with Gasteiger partial charge in [-0.25, -0.2) is 4.39 Å². The topological polar surface area (TPSA) is 32.3 Å². The minimum atomic E-state index is -0.210. The third kappa shape index (κ3) is 3.77. The number of halogens is 2. The van der Waals surface area contributed by atoms with Crippen molar-refractivity contribution in [1.29, 1.82) is 0 Å². The minimum Gasteiger partial charge on any atom is -0.396 e. The second kappa shape index (κ2) is 6.64. The van der Waals surface area contributed by atoms with E-state index in [2.05, 4.69) is 21.2 Å². The highest BCUT2D eigenvalue weighted by Gasteiger charge is 2.19. The molecule has 100 valence electrons. The van der Waals surface area contributed by atoms with Crippen LogP contribution in [0, 0.1) is 11.7 Å². The summed E-state index contributed by atoms with van der Waals surface area (Å²) < 4.78 is 13.8. The van der Waals surface area contributed by atoms with Crippen molar-refractivity contribution in [2.45, 2.75) is 38.3 Å². The molecule has 0 radical (unpaired) electrons. The molecule has 0 saturated heterocycles. The number of nitrogens with one attached hydrogen (secondary N) is 1. The Kier molecular flexibility index (Phi) is 5.15. The lowest BCUT2D eigenvalue weighted by molar-refractivity contribution is 0.175. The maximum Gasteiger partial charge on any atom is 0.137 e. The molecule has 0 aliphatic heterocycles. The third-order valence-electron chi connectivity index (χ3n) is 3.68. The van der Waals surface area contributed by atoms with Crippen molar-refractivity contribution in [2.75, 3.05) is 6.61 Å². The fraction of sp³-hybridized carbons (Fsp3) is 0.571. The van der Waals surface area contributed by atoms with Crippen LogP contribution in [0.3, 0.4) is 0 Å². The molecule has 1 aromatic carbocycles. The number of rotatable bonds is 4. The molecule has 0 spiro atoms. The zero-order valence-corrected chi connectivity index (χ0v) is 11.9. The summed E-state index contributed by atoms with van der Waals surface area (Å²) in [5.41, 5.74) is 0.972. The van der Waals surface area contributed by atoms with Crippen molar-refractivity contribution < 1.29 is 9.50 Å². The number of benzene rings is 1. The molecular formula is C14H19BrFNO. The summed E-state index contributed by atoms with van der Waals surface area (Å²) in [6.07, 6.45) is 4.38. The van der Waals surface area contributed by atoms with Crippen LogP contribution < -0.4 is 5.32 Å². The molecule has 2 rings (SSSR count). The zero-order chi connectivity index (χ0) is 13.0. The monoisotopic (exact) mass is 315 g/mol. The third-order valence-corrected chi connectivity index (χ3v) is 4.33. The van der Waals surface area contributed by atoms with E-state index in [9.17, 15) is 4.39 Å². The van der Waals surface area contributed by atoms with Gasteiger partial charge in [-0.2, -0.15) is 0 Å². The van der Waals surface area contributed by atoms with Gasteiger partial charge in [0.1, 0.15) is 5.82 Å². The zero-order valence-electron chi connectivity index (χ0n) is 10.3. The number of hydrogen-bond acceptors (Lipinski definition) is 2. The Morgan fingerprint density at radius 3 is 2.61 bits per heavy atom. The highest BCUT2D eigenvalue weighted by atomic mass is 79.9. The van der Waals surface area contributed by atoms with Crippen LogP contribution in [-0.4, -0.2) is 17.8 Å². The highest BCUT2D eigenvalue weighted by molar-refractivity contribution is 9.10. The van der Waals surface area contributed by atoms with Gasteiger partial charge in [0.15, 0.2) is 0 Å². The van der Waals surface area contributed by atoms with Crippen LogP contribution >= 0.6 is 15.9 Å². The normalized spacial score (nSPS) is 24.2. The van der Waals surface area contributed by atoms with Gasteiger partial charge in [0.2, 0.25) is 0 Å². The molecule has 0 aromatic heterocycles. The van der Waals surface area contributed by atoms with Gasteiger partial charge in [-0.05, 0) is 65.2 Å². The van der Waals surface area contributed by atoms with Crippen LogP contribution in [0.4, 0.5) is 4.39 Å². The van der Waals surface area contributed by atoms with E-state index in [1.54, 1.807) is 12.1 Å². The van der Waals surface area contributed by atoms with Crippen molar-refractivity contribution in [2.24, 2.45) is 5.92 Å². The Morgan fingerprint density at radius 2 is 2.00 bits per heavy atom. The van der Waals surface area contributed by atoms with Gasteiger partial charge in [0.25, 0.3) is 0 Å². The van der Waals surface area contributed by atoms with E-state index in [1.165, 1.54) is 0 Å². The molecule has 4 heteroatoms. The molecular weight excluding hydrogens is 297 g/mol. The fourth-order valence-electron chi connectivity index (χ4n) is 2.46. The SMILES string of the molecule is OCC1CCC(NCc2ccc(Br)c(F)c2)CC1. The van der Waals surface area contributed by atoms with Gasteiger partial charge < -0.3 is 10.4 Å². The standard InChI is InChI=1S/C14H19BrFNO/c15-13-6-3-11(7-14(13)16)8-17-12-4-1-10(9-18)2-5-12/h3,6-7,10,12,17-18H,1-2,4-5,8-9H2. The molecule has 1 aliphatic rings. The van der Waals surface area contributed by atoms with Gasteiger partial charge in [-0.15, -0.1) is 0 Å². The Morgan fingerprint density at radius 1 is 1.28 bits per heavy atom. The lowest BCUT2D eigenvalue weighted by Gasteiger charge is -2.28. The summed E-state index contributed by atoms with van der Waals surface area (Å²) in [6, 6.07) is 5.74. The lowest BCUT2D eigenvalue weighted by atomic mass is 9.86. The first-order valence-corrected chi connectivity index (χ1v) is 7.26. The van der Waals surface area contributed by atoms with Crippen LogP contribution in [-0.2, 0) is 6.54 Å². The minimum absolute atomic E-state index is 0.210. The average Bonchev–Trinajstić information content (AvgIpc) is 2.41.